The fourth-order valence-electron chi connectivity index (χ4n) is 3.31. The van der Waals surface area contributed by atoms with Gasteiger partial charge in [0.05, 0.1) is 0 Å². The molecule has 0 radical (unpaired) electrons. The summed E-state index contributed by atoms with van der Waals surface area (Å²) >= 11 is 0. The van der Waals surface area contributed by atoms with E-state index in [0.717, 1.165) is 25.2 Å². The molecule has 1 amide bonds. The maximum atomic E-state index is 12.6. The van der Waals surface area contributed by atoms with Crippen LogP contribution in [-0.2, 0) is 0 Å². The second-order valence-corrected chi connectivity index (χ2v) is 5.94. The van der Waals surface area contributed by atoms with E-state index in [1.165, 1.54) is 25.8 Å². The molecule has 1 unspecified atom stereocenters. The lowest BCUT2D eigenvalue weighted by atomic mass is 9.99. The zero-order valence-corrected chi connectivity index (χ0v) is 12.0. The summed E-state index contributed by atoms with van der Waals surface area (Å²) in [6.07, 6.45) is 3.78. The van der Waals surface area contributed by atoms with E-state index in [0.29, 0.717) is 11.6 Å². The van der Waals surface area contributed by atoms with Crippen molar-refractivity contribution in [3.63, 3.8) is 0 Å². The number of hydrogen-bond acceptors (Lipinski definition) is 3. The summed E-state index contributed by atoms with van der Waals surface area (Å²) in [6, 6.07) is 5.65. The number of aromatic hydroxyl groups is 1. The highest BCUT2D eigenvalue weighted by atomic mass is 16.3. The Kier molecular flexibility index (Phi) is 3.66. The largest absolute Gasteiger partial charge is 0.508 e. The molecule has 2 aliphatic heterocycles. The van der Waals surface area contributed by atoms with Gasteiger partial charge in [0, 0.05) is 31.2 Å². The van der Waals surface area contributed by atoms with Gasteiger partial charge in [0.15, 0.2) is 0 Å². The van der Waals surface area contributed by atoms with E-state index in [1.54, 1.807) is 18.2 Å². The van der Waals surface area contributed by atoms with Crippen LogP contribution in [0.1, 0.15) is 35.2 Å². The third kappa shape index (κ3) is 2.52. The number of carbonyl (C=O) groups excluding carboxylic acids is 1. The van der Waals surface area contributed by atoms with Gasteiger partial charge in [-0.05, 0) is 50.1 Å². The van der Waals surface area contributed by atoms with Crippen LogP contribution in [-0.4, -0.2) is 53.0 Å². The number of aryl methyl sites for hydroxylation is 1. The van der Waals surface area contributed by atoms with Gasteiger partial charge in [-0.25, -0.2) is 0 Å². The number of piperidine rings is 1. The molecule has 0 aromatic heterocycles. The van der Waals surface area contributed by atoms with E-state index >= 15 is 0 Å². The van der Waals surface area contributed by atoms with E-state index < -0.39 is 0 Å². The zero-order chi connectivity index (χ0) is 14.1. The van der Waals surface area contributed by atoms with Crippen molar-refractivity contribution in [3.8, 4) is 5.75 Å². The smallest absolute Gasteiger partial charge is 0.253 e. The minimum atomic E-state index is 0.0957. The first kappa shape index (κ1) is 13.4. The maximum absolute atomic E-state index is 12.6. The Hall–Kier alpha value is -1.55. The quantitative estimate of drug-likeness (QED) is 0.852. The maximum Gasteiger partial charge on any atom is 0.253 e. The van der Waals surface area contributed by atoms with Crippen LogP contribution in [0.4, 0.5) is 0 Å². The molecule has 4 heteroatoms. The number of piperazine rings is 1. The molecule has 1 aromatic rings. The normalized spacial score (nSPS) is 23.4. The molecule has 2 aliphatic rings. The average Bonchev–Trinajstić information content (AvgIpc) is 2.49. The van der Waals surface area contributed by atoms with Crippen LogP contribution in [0.15, 0.2) is 18.2 Å². The number of benzene rings is 1. The Morgan fingerprint density at radius 2 is 2.10 bits per heavy atom. The second-order valence-electron chi connectivity index (χ2n) is 5.94. The molecule has 0 aliphatic carbocycles. The molecule has 20 heavy (non-hydrogen) atoms. The van der Waals surface area contributed by atoms with Gasteiger partial charge >= 0.3 is 0 Å². The van der Waals surface area contributed by atoms with Crippen molar-refractivity contribution >= 4 is 5.91 Å². The van der Waals surface area contributed by atoms with Crippen molar-refractivity contribution in [1.29, 1.82) is 0 Å². The van der Waals surface area contributed by atoms with Crippen LogP contribution in [0, 0.1) is 6.92 Å². The Morgan fingerprint density at radius 1 is 1.25 bits per heavy atom. The van der Waals surface area contributed by atoms with Crippen molar-refractivity contribution in [2.45, 2.75) is 32.2 Å². The summed E-state index contributed by atoms with van der Waals surface area (Å²) in [5.74, 6) is 0.344. The van der Waals surface area contributed by atoms with Crippen molar-refractivity contribution in [2.24, 2.45) is 0 Å². The molecule has 108 valence electrons. The SMILES string of the molecule is Cc1cc(C(=O)N2CCN3CCCCC3C2)ccc1O. The number of amides is 1. The van der Waals surface area contributed by atoms with Crippen molar-refractivity contribution < 1.29 is 9.90 Å². The number of carbonyl (C=O) groups is 1. The molecule has 0 saturated carbocycles. The van der Waals surface area contributed by atoms with Crippen LogP contribution in [0.5, 0.6) is 5.75 Å². The molecule has 0 spiro atoms. The minimum Gasteiger partial charge on any atom is -0.508 e. The van der Waals surface area contributed by atoms with Gasteiger partial charge in [-0.15, -0.1) is 0 Å². The summed E-state index contributed by atoms with van der Waals surface area (Å²) in [5.41, 5.74) is 1.44. The van der Waals surface area contributed by atoms with Crippen molar-refractivity contribution in [1.82, 2.24) is 9.80 Å². The molecular formula is C16H22N2O2. The monoisotopic (exact) mass is 274 g/mol. The standard InChI is InChI=1S/C16H22N2O2/c1-12-10-13(5-6-15(12)19)16(20)18-9-8-17-7-3-2-4-14(17)11-18/h5-6,10,14,19H,2-4,7-9,11H2,1H3. The summed E-state index contributed by atoms with van der Waals surface area (Å²) in [7, 11) is 0. The minimum absolute atomic E-state index is 0.0957. The van der Waals surface area contributed by atoms with E-state index in [9.17, 15) is 9.90 Å². The van der Waals surface area contributed by atoms with Crippen LogP contribution >= 0.6 is 0 Å². The molecule has 2 saturated heterocycles. The van der Waals surface area contributed by atoms with Gasteiger partial charge < -0.3 is 10.0 Å². The lowest BCUT2D eigenvalue weighted by molar-refractivity contribution is 0.0372. The molecule has 2 fully saturated rings. The van der Waals surface area contributed by atoms with E-state index in [4.69, 9.17) is 0 Å². The molecule has 1 N–H and O–H groups in total. The highest BCUT2D eigenvalue weighted by Crippen LogP contribution is 2.23. The molecule has 4 nitrogen and oxygen atoms in total. The van der Waals surface area contributed by atoms with Gasteiger partial charge in [0.1, 0.15) is 5.75 Å². The molecule has 2 heterocycles. The first-order valence-corrected chi connectivity index (χ1v) is 7.48. The van der Waals surface area contributed by atoms with E-state index in [2.05, 4.69) is 4.90 Å². The Morgan fingerprint density at radius 3 is 2.90 bits per heavy atom. The Balaban J connectivity index is 1.72. The van der Waals surface area contributed by atoms with E-state index in [-0.39, 0.29) is 11.7 Å². The highest BCUT2D eigenvalue weighted by molar-refractivity contribution is 5.94. The number of phenolic OH excluding ortho intramolecular Hbond substituents is 1. The van der Waals surface area contributed by atoms with Crippen LogP contribution in [0.25, 0.3) is 0 Å². The number of rotatable bonds is 1. The van der Waals surface area contributed by atoms with Crippen LogP contribution < -0.4 is 0 Å². The number of phenols is 1. The second kappa shape index (κ2) is 5.44. The third-order valence-corrected chi connectivity index (χ3v) is 4.57. The predicted octanol–water partition coefficient (Wildman–Crippen LogP) is 2.01. The summed E-state index contributed by atoms with van der Waals surface area (Å²) in [6.45, 7) is 5.66. The fraction of sp³-hybridized carbons (Fsp3) is 0.562. The lowest BCUT2D eigenvalue weighted by Gasteiger charge is -2.44. The zero-order valence-electron chi connectivity index (χ0n) is 12.0. The van der Waals surface area contributed by atoms with Crippen molar-refractivity contribution in [3.05, 3.63) is 29.3 Å². The first-order chi connectivity index (χ1) is 9.65. The number of hydrogen-bond donors (Lipinski definition) is 1. The van der Waals surface area contributed by atoms with Gasteiger partial charge in [0.2, 0.25) is 0 Å². The summed E-state index contributed by atoms with van der Waals surface area (Å²) in [4.78, 5) is 17.1. The van der Waals surface area contributed by atoms with Crippen molar-refractivity contribution in [2.75, 3.05) is 26.2 Å². The topological polar surface area (TPSA) is 43.8 Å². The first-order valence-electron chi connectivity index (χ1n) is 7.48. The Labute approximate surface area is 120 Å². The molecule has 1 atom stereocenters. The molecular weight excluding hydrogens is 252 g/mol. The summed E-state index contributed by atoms with van der Waals surface area (Å²) < 4.78 is 0. The van der Waals surface area contributed by atoms with Gasteiger partial charge in [-0.3, -0.25) is 9.69 Å². The van der Waals surface area contributed by atoms with Crippen LogP contribution in [0.2, 0.25) is 0 Å². The Bertz CT molecular complexity index is 515. The molecule has 0 bridgehead atoms. The van der Waals surface area contributed by atoms with Crippen LogP contribution in [0.3, 0.4) is 0 Å². The van der Waals surface area contributed by atoms with E-state index in [1.807, 2.05) is 11.8 Å². The summed E-state index contributed by atoms with van der Waals surface area (Å²) in [5, 5.41) is 9.56. The third-order valence-electron chi connectivity index (χ3n) is 4.57. The van der Waals surface area contributed by atoms with Gasteiger partial charge in [0.25, 0.3) is 5.91 Å². The highest BCUT2D eigenvalue weighted by Gasteiger charge is 2.31. The predicted molar refractivity (Wildman–Crippen MR) is 78.0 cm³/mol. The number of nitrogens with zero attached hydrogens (tertiary/aromatic N) is 2. The lowest BCUT2D eigenvalue weighted by Crippen LogP contribution is -2.56. The number of fused-ring (bicyclic) bond motifs is 1. The fourth-order valence-corrected chi connectivity index (χ4v) is 3.31. The average molecular weight is 274 g/mol. The molecule has 1 aromatic carbocycles. The van der Waals surface area contributed by atoms with Gasteiger partial charge in [-0.2, -0.15) is 0 Å². The van der Waals surface area contributed by atoms with Gasteiger partial charge in [-0.1, -0.05) is 6.42 Å². The molecule has 3 rings (SSSR count).